The fourth-order valence-electron chi connectivity index (χ4n) is 2.46. The maximum atomic E-state index is 12.2. The highest BCUT2D eigenvalue weighted by Crippen LogP contribution is 2.18. The van der Waals surface area contributed by atoms with Crippen LogP contribution in [0.2, 0.25) is 0 Å². The van der Waals surface area contributed by atoms with Crippen LogP contribution in [0.25, 0.3) is 0 Å². The second-order valence-corrected chi connectivity index (χ2v) is 5.37. The topological polar surface area (TPSA) is 89.5 Å². The molecule has 2 N–H and O–H groups in total. The lowest BCUT2D eigenvalue weighted by molar-refractivity contribution is -0.384. The van der Waals surface area contributed by atoms with E-state index in [4.69, 9.17) is 5.73 Å². The summed E-state index contributed by atoms with van der Waals surface area (Å²) < 4.78 is 0. The minimum Gasteiger partial charge on any atom is -0.342 e. The van der Waals surface area contributed by atoms with Crippen LogP contribution in [-0.4, -0.2) is 34.9 Å². The van der Waals surface area contributed by atoms with Crippen LogP contribution in [0.3, 0.4) is 0 Å². The third-order valence-electron chi connectivity index (χ3n) is 3.80. The third kappa shape index (κ3) is 3.33. The van der Waals surface area contributed by atoms with Crippen LogP contribution >= 0.6 is 0 Å². The molecule has 2 atom stereocenters. The number of nitro groups is 1. The summed E-state index contributed by atoms with van der Waals surface area (Å²) >= 11 is 0. The first kappa shape index (κ1) is 14.5. The van der Waals surface area contributed by atoms with Gasteiger partial charge in [-0.2, -0.15) is 0 Å². The number of nitro benzene ring substituents is 1. The molecule has 1 saturated heterocycles. The van der Waals surface area contributed by atoms with Gasteiger partial charge in [0, 0.05) is 31.3 Å². The van der Waals surface area contributed by atoms with Crippen molar-refractivity contribution in [1.82, 2.24) is 4.90 Å². The summed E-state index contributed by atoms with van der Waals surface area (Å²) in [5.74, 6) is 0.294. The molecular formula is C14H19N3O3. The Balaban J connectivity index is 2.01. The summed E-state index contributed by atoms with van der Waals surface area (Å²) in [6.45, 7) is 3.37. The highest BCUT2D eigenvalue weighted by atomic mass is 16.6. The van der Waals surface area contributed by atoms with E-state index in [0.717, 1.165) is 6.42 Å². The van der Waals surface area contributed by atoms with Gasteiger partial charge in [0.15, 0.2) is 0 Å². The molecule has 6 nitrogen and oxygen atoms in total. The van der Waals surface area contributed by atoms with E-state index in [9.17, 15) is 14.9 Å². The van der Waals surface area contributed by atoms with E-state index < -0.39 is 4.92 Å². The summed E-state index contributed by atoms with van der Waals surface area (Å²) in [6.07, 6.45) is 1.01. The van der Waals surface area contributed by atoms with Gasteiger partial charge in [-0.1, -0.05) is 19.1 Å². The van der Waals surface area contributed by atoms with Crippen molar-refractivity contribution in [2.45, 2.75) is 25.8 Å². The molecule has 1 aliphatic heterocycles. The molecule has 2 rings (SSSR count). The van der Waals surface area contributed by atoms with Gasteiger partial charge < -0.3 is 10.6 Å². The Labute approximate surface area is 117 Å². The van der Waals surface area contributed by atoms with Crippen molar-refractivity contribution >= 4 is 11.6 Å². The van der Waals surface area contributed by atoms with Gasteiger partial charge in [0.1, 0.15) is 0 Å². The van der Waals surface area contributed by atoms with Crippen LogP contribution < -0.4 is 5.73 Å². The summed E-state index contributed by atoms with van der Waals surface area (Å²) in [7, 11) is 0. The Morgan fingerprint density at radius 3 is 2.95 bits per heavy atom. The molecule has 6 heteroatoms. The Kier molecular flexibility index (Phi) is 4.34. The summed E-state index contributed by atoms with van der Waals surface area (Å²) in [5, 5.41) is 10.7. The van der Waals surface area contributed by atoms with E-state index in [0.29, 0.717) is 18.7 Å². The molecule has 0 aromatic heterocycles. The Morgan fingerprint density at radius 1 is 1.55 bits per heavy atom. The molecule has 20 heavy (non-hydrogen) atoms. The Hall–Kier alpha value is -1.95. The number of piperidine rings is 1. The number of likely N-dealkylation sites (tertiary alicyclic amines) is 1. The van der Waals surface area contributed by atoms with E-state index in [1.165, 1.54) is 12.1 Å². The van der Waals surface area contributed by atoms with E-state index >= 15 is 0 Å². The van der Waals surface area contributed by atoms with E-state index in [1.54, 1.807) is 17.0 Å². The van der Waals surface area contributed by atoms with Gasteiger partial charge in [0.05, 0.1) is 11.3 Å². The quantitative estimate of drug-likeness (QED) is 0.666. The minimum atomic E-state index is -0.448. The SMILES string of the molecule is CC1CN(C(=O)Cc2cccc([N+](=O)[O-])c2)CCC1N. The minimum absolute atomic E-state index is 0.00393. The fourth-order valence-corrected chi connectivity index (χ4v) is 2.46. The zero-order valence-corrected chi connectivity index (χ0v) is 11.5. The predicted molar refractivity (Wildman–Crippen MR) is 75.1 cm³/mol. The summed E-state index contributed by atoms with van der Waals surface area (Å²) in [4.78, 5) is 24.3. The molecule has 1 fully saturated rings. The summed E-state index contributed by atoms with van der Waals surface area (Å²) in [5.41, 5.74) is 6.62. The van der Waals surface area contributed by atoms with Crippen LogP contribution in [-0.2, 0) is 11.2 Å². The number of carbonyl (C=O) groups is 1. The van der Waals surface area contributed by atoms with Gasteiger partial charge >= 0.3 is 0 Å². The molecule has 1 heterocycles. The maximum absolute atomic E-state index is 12.2. The number of nitrogens with zero attached hydrogens (tertiary/aromatic N) is 2. The number of nitrogens with two attached hydrogens (primary N) is 1. The lowest BCUT2D eigenvalue weighted by Gasteiger charge is -2.35. The van der Waals surface area contributed by atoms with Gasteiger partial charge in [-0.3, -0.25) is 14.9 Å². The van der Waals surface area contributed by atoms with Gasteiger partial charge in [0.25, 0.3) is 5.69 Å². The van der Waals surface area contributed by atoms with Gasteiger partial charge in [-0.25, -0.2) is 0 Å². The lowest BCUT2D eigenvalue weighted by Crippen LogP contribution is -2.48. The van der Waals surface area contributed by atoms with Crippen LogP contribution in [0.5, 0.6) is 0 Å². The molecule has 0 saturated carbocycles. The van der Waals surface area contributed by atoms with Crippen molar-refractivity contribution in [3.63, 3.8) is 0 Å². The smallest absolute Gasteiger partial charge is 0.269 e. The molecule has 2 unspecified atom stereocenters. The van der Waals surface area contributed by atoms with Crippen LogP contribution in [0, 0.1) is 16.0 Å². The van der Waals surface area contributed by atoms with Crippen molar-refractivity contribution < 1.29 is 9.72 Å². The summed E-state index contributed by atoms with van der Waals surface area (Å²) in [6, 6.07) is 6.38. The number of hydrogen-bond donors (Lipinski definition) is 1. The number of non-ortho nitro benzene ring substituents is 1. The Bertz CT molecular complexity index is 518. The molecule has 108 valence electrons. The zero-order valence-electron chi connectivity index (χ0n) is 11.5. The molecule has 0 bridgehead atoms. The average molecular weight is 277 g/mol. The van der Waals surface area contributed by atoms with Gasteiger partial charge in [-0.05, 0) is 17.9 Å². The predicted octanol–water partition coefficient (Wildman–Crippen LogP) is 1.33. The van der Waals surface area contributed by atoms with Crippen molar-refractivity contribution in [2.75, 3.05) is 13.1 Å². The molecule has 0 radical (unpaired) electrons. The van der Waals surface area contributed by atoms with Crippen LogP contribution in [0.15, 0.2) is 24.3 Å². The maximum Gasteiger partial charge on any atom is 0.269 e. The zero-order chi connectivity index (χ0) is 14.7. The van der Waals surface area contributed by atoms with E-state index in [2.05, 4.69) is 0 Å². The molecule has 1 aromatic carbocycles. The van der Waals surface area contributed by atoms with Crippen LogP contribution in [0.1, 0.15) is 18.9 Å². The second-order valence-electron chi connectivity index (χ2n) is 5.37. The standard InChI is InChI=1S/C14H19N3O3/c1-10-9-16(6-5-13(10)15)14(18)8-11-3-2-4-12(7-11)17(19)20/h2-4,7,10,13H,5-6,8-9,15H2,1H3. The molecule has 0 aliphatic carbocycles. The highest BCUT2D eigenvalue weighted by molar-refractivity contribution is 5.79. The molecular weight excluding hydrogens is 258 g/mol. The van der Waals surface area contributed by atoms with Crippen molar-refractivity contribution in [1.29, 1.82) is 0 Å². The highest BCUT2D eigenvalue weighted by Gasteiger charge is 2.26. The Morgan fingerprint density at radius 2 is 2.30 bits per heavy atom. The molecule has 1 aliphatic rings. The van der Waals surface area contributed by atoms with E-state index in [-0.39, 0.29) is 30.0 Å². The van der Waals surface area contributed by atoms with Gasteiger partial charge in [0.2, 0.25) is 5.91 Å². The van der Waals surface area contributed by atoms with E-state index in [1.807, 2.05) is 6.92 Å². The van der Waals surface area contributed by atoms with Crippen LogP contribution in [0.4, 0.5) is 5.69 Å². The average Bonchev–Trinajstić information content (AvgIpc) is 2.42. The molecule has 0 spiro atoms. The fraction of sp³-hybridized carbons (Fsp3) is 0.500. The van der Waals surface area contributed by atoms with Gasteiger partial charge in [-0.15, -0.1) is 0 Å². The lowest BCUT2D eigenvalue weighted by atomic mass is 9.94. The largest absolute Gasteiger partial charge is 0.342 e. The van der Waals surface area contributed by atoms with Crippen molar-refractivity contribution in [2.24, 2.45) is 11.7 Å². The first-order valence-corrected chi connectivity index (χ1v) is 6.74. The monoisotopic (exact) mass is 277 g/mol. The second kappa shape index (κ2) is 6.00. The van der Waals surface area contributed by atoms with Crippen molar-refractivity contribution in [3.05, 3.63) is 39.9 Å². The first-order chi connectivity index (χ1) is 9.47. The number of rotatable bonds is 3. The van der Waals surface area contributed by atoms with Crippen molar-refractivity contribution in [3.8, 4) is 0 Å². The normalized spacial score (nSPS) is 22.6. The number of hydrogen-bond acceptors (Lipinski definition) is 4. The molecule has 1 amide bonds. The first-order valence-electron chi connectivity index (χ1n) is 6.74. The number of amides is 1. The number of benzene rings is 1. The number of carbonyl (C=O) groups excluding carboxylic acids is 1. The third-order valence-corrected chi connectivity index (χ3v) is 3.80. The molecule has 1 aromatic rings.